The van der Waals surface area contributed by atoms with Crippen molar-refractivity contribution in [1.29, 1.82) is 5.26 Å². The molecule has 0 atom stereocenters. The Kier molecular flexibility index (Phi) is 9.28. The number of ether oxygens (including phenoxy) is 2. The Bertz CT molecular complexity index is 317. The van der Waals surface area contributed by atoms with Crippen molar-refractivity contribution in [3.05, 3.63) is 11.6 Å². The molecule has 0 N–H and O–H groups in total. The molecule has 0 saturated carbocycles. The minimum Gasteiger partial charge on any atom is -0.466 e. The van der Waals surface area contributed by atoms with Crippen molar-refractivity contribution >= 4 is 11.9 Å². The van der Waals surface area contributed by atoms with Gasteiger partial charge in [0.15, 0.2) is 0 Å². The molecule has 0 aliphatic carbocycles. The van der Waals surface area contributed by atoms with Crippen molar-refractivity contribution in [2.45, 2.75) is 39.5 Å². The number of rotatable bonds is 8. The fourth-order valence-electron chi connectivity index (χ4n) is 1.35. The zero-order valence-corrected chi connectivity index (χ0v) is 10.9. The molecule has 0 aromatic rings. The number of nitrogens with zero attached hydrogens (tertiary/aromatic N) is 1. The SMILES string of the molecule is CCOC(=O)CCC(=CC#N)CCC(=O)OCC. The predicted octanol–water partition coefficient (Wildman–Crippen LogP) is 2.12. The third-order valence-electron chi connectivity index (χ3n) is 2.18. The predicted molar refractivity (Wildman–Crippen MR) is 65.4 cm³/mol. The van der Waals surface area contributed by atoms with Gasteiger partial charge >= 0.3 is 11.9 Å². The molecule has 0 saturated heterocycles. The summed E-state index contributed by atoms with van der Waals surface area (Å²) in [5.41, 5.74) is 0.763. The third-order valence-corrected chi connectivity index (χ3v) is 2.18. The van der Waals surface area contributed by atoms with Gasteiger partial charge < -0.3 is 9.47 Å². The summed E-state index contributed by atoms with van der Waals surface area (Å²) in [6, 6.07) is 1.91. The van der Waals surface area contributed by atoms with Gasteiger partial charge in [-0.1, -0.05) is 5.57 Å². The first kappa shape index (κ1) is 16.2. The summed E-state index contributed by atoms with van der Waals surface area (Å²) in [6.07, 6.45) is 2.70. The minimum absolute atomic E-state index is 0.226. The van der Waals surface area contributed by atoms with Crippen molar-refractivity contribution in [2.75, 3.05) is 13.2 Å². The van der Waals surface area contributed by atoms with Crippen LogP contribution in [-0.2, 0) is 19.1 Å². The highest BCUT2D eigenvalue weighted by molar-refractivity contribution is 5.70. The first-order chi connectivity index (χ1) is 8.63. The molecule has 5 nitrogen and oxygen atoms in total. The van der Waals surface area contributed by atoms with E-state index in [4.69, 9.17) is 14.7 Å². The van der Waals surface area contributed by atoms with E-state index in [1.54, 1.807) is 13.8 Å². The monoisotopic (exact) mass is 253 g/mol. The van der Waals surface area contributed by atoms with Crippen LogP contribution < -0.4 is 0 Å². The summed E-state index contributed by atoms with van der Waals surface area (Å²) in [7, 11) is 0. The average Bonchev–Trinajstić information content (AvgIpc) is 2.33. The maximum atomic E-state index is 11.2. The lowest BCUT2D eigenvalue weighted by Gasteiger charge is -2.06. The Morgan fingerprint density at radius 2 is 1.44 bits per heavy atom. The summed E-state index contributed by atoms with van der Waals surface area (Å²) >= 11 is 0. The Balaban J connectivity index is 4.09. The summed E-state index contributed by atoms with van der Waals surface area (Å²) in [4.78, 5) is 22.3. The van der Waals surface area contributed by atoms with Crippen LogP contribution >= 0.6 is 0 Å². The molecular formula is C13H19NO4. The van der Waals surface area contributed by atoms with Crippen LogP contribution in [0.1, 0.15) is 39.5 Å². The van der Waals surface area contributed by atoms with Crippen LogP contribution in [-0.4, -0.2) is 25.2 Å². The van der Waals surface area contributed by atoms with Crippen molar-refractivity contribution in [3.63, 3.8) is 0 Å². The standard InChI is InChI=1S/C13H19NO4/c1-3-17-12(15)7-5-11(9-10-14)6-8-13(16)18-4-2/h9H,3-8H2,1-2H3. The van der Waals surface area contributed by atoms with Gasteiger partial charge in [-0.05, 0) is 26.7 Å². The molecule has 5 heteroatoms. The lowest BCUT2D eigenvalue weighted by molar-refractivity contribution is -0.143. The highest BCUT2D eigenvalue weighted by Gasteiger charge is 2.08. The van der Waals surface area contributed by atoms with Gasteiger partial charge in [-0.3, -0.25) is 9.59 Å². The zero-order chi connectivity index (χ0) is 13.8. The molecule has 0 aliphatic heterocycles. The highest BCUT2D eigenvalue weighted by Crippen LogP contribution is 2.13. The number of hydrogen-bond acceptors (Lipinski definition) is 5. The fraction of sp³-hybridized carbons (Fsp3) is 0.615. The molecule has 0 fully saturated rings. The Morgan fingerprint density at radius 3 is 1.78 bits per heavy atom. The maximum absolute atomic E-state index is 11.2. The second kappa shape index (κ2) is 10.3. The van der Waals surface area contributed by atoms with E-state index in [0.717, 1.165) is 5.57 Å². The van der Waals surface area contributed by atoms with Crippen LogP contribution in [0.25, 0.3) is 0 Å². The van der Waals surface area contributed by atoms with Crippen LogP contribution in [0.5, 0.6) is 0 Å². The van der Waals surface area contributed by atoms with Crippen LogP contribution in [0.4, 0.5) is 0 Å². The van der Waals surface area contributed by atoms with Crippen molar-refractivity contribution in [3.8, 4) is 6.07 Å². The second-order valence-corrected chi connectivity index (χ2v) is 3.54. The van der Waals surface area contributed by atoms with E-state index >= 15 is 0 Å². The number of carbonyl (C=O) groups excluding carboxylic acids is 2. The normalized spacial score (nSPS) is 9.17. The first-order valence-corrected chi connectivity index (χ1v) is 6.02. The summed E-state index contributed by atoms with van der Waals surface area (Å²) < 4.78 is 9.59. The van der Waals surface area contributed by atoms with Crippen molar-refractivity contribution in [2.24, 2.45) is 0 Å². The van der Waals surface area contributed by atoms with Crippen LogP contribution in [0.15, 0.2) is 11.6 Å². The van der Waals surface area contributed by atoms with Crippen molar-refractivity contribution in [1.82, 2.24) is 0 Å². The molecule has 0 heterocycles. The fourth-order valence-corrected chi connectivity index (χ4v) is 1.35. The second-order valence-electron chi connectivity index (χ2n) is 3.54. The summed E-state index contributed by atoms with van der Waals surface area (Å²) in [6.45, 7) is 4.17. The molecular weight excluding hydrogens is 234 g/mol. The first-order valence-electron chi connectivity index (χ1n) is 6.02. The minimum atomic E-state index is -0.294. The number of esters is 2. The van der Waals surface area contributed by atoms with Gasteiger partial charge in [-0.25, -0.2) is 0 Å². The zero-order valence-electron chi connectivity index (χ0n) is 10.9. The van der Waals surface area contributed by atoms with Gasteiger partial charge in [-0.2, -0.15) is 5.26 Å². The number of carbonyl (C=O) groups is 2. The van der Waals surface area contributed by atoms with E-state index < -0.39 is 0 Å². The van der Waals surface area contributed by atoms with E-state index in [9.17, 15) is 9.59 Å². The van der Waals surface area contributed by atoms with Gasteiger partial charge in [0.2, 0.25) is 0 Å². The lowest BCUT2D eigenvalue weighted by atomic mass is 10.0. The van der Waals surface area contributed by atoms with Gasteiger partial charge in [-0.15, -0.1) is 0 Å². The molecule has 0 radical (unpaired) electrons. The summed E-state index contributed by atoms with van der Waals surface area (Å²) in [5.74, 6) is -0.588. The molecule has 0 unspecified atom stereocenters. The number of hydrogen-bond donors (Lipinski definition) is 0. The van der Waals surface area contributed by atoms with Gasteiger partial charge in [0.25, 0.3) is 0 Å². The molecule has 0 aromatic carbocycles. The lowest BCUT2D eigenvalue weighted by Crippen LogP contribution is -2.06. The number of allylic oxidation sites excluding steroid dienone is 2. The molecule has 0 rings (SSSR count). The van der Waals surface area contributed by atoms with Crippen molar-refractivity contribution < 1.29 is 19.1 Å². The average molecular weight is 253 g/mol. The van der Waals surface area contributed by atoms with E-state index in [0.29, 0.717) is 26.1 Å². The Hall–Kier alpha value is -1.83. The summed E-state index contributed by atoms with van der Waals surface area (Å²) in [5, 5.41) is 8.62. The maximum Gasteiger partial charge on any atom is 0.306 e. The van der Waals surface area contributed by atoms with Gasteiger partial charge in [0.05, 0.1) is 19.3 Å². The Labute approximate surface area is 107 Å². The van der Waals surface area contributed by atoms with Gasteiger partial charge in [0.1, 0.15) is 0 Å². The van der Waals surface area contributed by atoms with E-state index in [-0.39, 0.29) is 24.8 Å². The van der Waals surface area contributed by atoms with Gasteiger partial charge in [0, 0.05) is 18.9 Å². The quantitative estimate of drug-likeness (QED) is 0.489. The smallest absolute Gasteiger partial charge is 0.306 e. The molecule has 0 bridgehead atoms. The topological polar surface area (TPSA) is 76.4 Å². The largest absolute Gasteiger partial charge is 0.466 e. The van der Waals surface area contributed by atoms with E-state index in [2.05, 4.69) is 0 Å². The third kappa shape index (κ3) is 8.34. The highest BCUT2D eigenvalue weighted by atomic mass is 16.5. The van der Waals surface area contributed by atoms with E-state index in [1.807, 2.05) is 6.07 Å². The molecule has 0 spiro atoms. The molecule has 0 aromatic heterocycles. The molecule has 100 valence electrons. The van der Waals surface area contributed by atoms with Crippen LogP contribution in [0, 0.1) is 11.3 Å². The van der Waals surface area contributed by atoms with Crippen LogP contribution in [0.3, 0.4) is 0 Å². The van der Waals surface area contributed by atoms with E-state index in [1.165, 1.54) is 6.08 Å². The Morgan fingerprint density at radius 1 is 1.00 bits per heavy atom. The molecule has 0 aliphatic rings. The molecule has 0 amide bonds. The molecule has 18 heavy (non-hydrogen) atoms. The van der Waals surface area contributed by atoms with Crippen LogP contribution in [0.2, 0.25) is 0 Å². The number of nitriles is 1.